The second-order valence-corrected chi connectivity index (χ2v) is 7.06. The van der Waals surface area contributed by atoms with Crippen LogP contribution in [0.2, 0.25) is 0 Å². The first-order valence-corrected chi connectivity index (χ1v) is 8.40. The van der Waals surface area contributed by atoms with Crippen molar-refractivity contribution in [1.82, 2.24) is 10.6 Å². The summed E-state index contributed by atoms with van der Waals surface area (Å²) in [6.45, 7) is 3.95. The third kappa shape index (κ3) is 4.05. The molecule has 0 amide bonds. The summed E-state index contributed by atoms with van der Waals surface area (Å²) >= 11 is 0. The molecule has 2 rings (SSSR count). The number of hydrogen-bond donors (Lipinski definition) is 5. The molecule has 0 aromatic carbocycles. The fourth-order valence-corrected chi connectivity index (χ4v) is 3.68. The minimum Gasteiger partial charge on any atom is -0.315 e. The highest BCUT2D eigenvalue weighted by Gasteiger charge is 2.45. The monoisotopic (exact) mass is 295 g/mol. The second-order valence-electron chi connectivity index (χ2n) is 7.06. The molecule has 0 radical (unpaired) electrons. The van der Waals surface area contributed by atoms with Crippen molar-refractivity contribution in [2.45, 2.75) is 69.7 Å². The van der Waals surface area contributed by atoms with E-state index in [4.69, 9.17) is 17.2 Å². The van der Waals surface area contributed by atoms with Gasteiger partial charge >= 0.3 is 0 Å². The van der Waals surface area contributed by atoms with Crippen LogP contribution >= 0.6 is 0 Å². The summed E-state index contributed by atoms with van der Waals surface area (Å²) in [6.07, 6.45) is 12.3. The third-order valence-corrected chi connectivity index (χ3v) is 5.48. The van der Waals surface area contributed by atoms with Crippen LogP contribution in [-0.2, 0) is 0 Å². The summed E-state index contributed by atoms with van der Waals surface area (Å²) in [6, 6.07) is 0.0928. The number of hydrogen-bond acceptors (Lipinski definition) is 5. The normalized spacial score (nSPS) is 40.9. The van der Waals surface area contributed by atoms with Crippen molar-refractivity contribution in [3.63, 3.8) is 0 Å². The van der Waals surface area contributed by atoms with Gasteiger partial charge in [0.05, 0.1) is 11.8 Å². The van der Waals surface area contributed by atoms with Crippen LogP contribution < -0.4 is 27.8 Å². The lowest BCUT2D eigenvalue weighted by Gasteiger charge is -2.47. The van der Waals surface area contributed by atoms with Gasteiger partial charge in [-0.25, -0.2) is 0 Å². The lowest BCUT2D eigenvalue weighted by molar-refractivity contribution is 0.0777. The van der Waals surface area contributed by atoms with E-state index >= 15 is 0 Å². The van der Waals surface area contributed by atoms with Gasteiger partial charge in [-0.1, -0.05) is 25.5 Å². The summed E-state index contributed by atoms with van der Waals surface area (Å²) in [5.41, 5.74) is 18.3. The summed E-state index contributed by atoms with van der Waals surface area (Å²) in [5, 5.41) is 7.03. The van der Waals surface area contributed by atoms with Crippen LogP contribution in [0.3, 0.4) is 0 Å². The topological polar surface area (TPSA) is 102 Å². The molecule has 0 aromatic heterocycles. The molecule has 2 aliphatic rings. The average molecular weight is 295 g/mol. The Hall–Kier alpha value is -0.460. The van der Waals surface area contributed by atoms with E-state index in [1.165, 1.54) is 25.7 Å². The summed E-state index contributed by atoms with van der Waals surface area (Å²) in [7, 11) is 0. The lowest BCUT2D eigenvalue weighted by atomic mass is 9.69. The van der Waals surface area contributed by atoms with E-state index in [1.54, 1.807) is 0 Å². The van der Waals surface area contributed by atoms with E-state index in [0.29, 0.717) is 0 Å². The predicted molar refractivity (Wildman–Crippen MR) is 88.4 cm³/mol. The van der Waals surface area contributed by atoms with Crippen LogP contribution in [0.15, 0.2) is 12.2 Å². The molecule has 0 aromatic rings. The molecular formula is C16H33N5. The van der Waals surface area contributed by atoms with E-state index in [-0.39, 0.29) is 23.3 Å². The van der Waals surface area contributed by atoms with Crippen molar-refractivity contribution in [3.05, 3.63) is 12.2 Å². The standard InChI is InChI=1S/C16H33N5/c1-15(8-6-4-2-3-5-7-9-15)16(19)10-11-20-13(12-21-16)14(17)18/h2,4,13-14,20-21H,3,5-12,17-19H2,1H3/b4-2-. The summed E-state index contributed by atoms with van der Waals surface area (Å²) in [4.78, 5) is 0. The SMILES string of the molecule is CC1(C2(N)CCNC(C(N)N)CN2)CC/C=C\CCCC1. The lowest BCUT2D eigenvalue weighted by Crippen LogP contribution is -2.65. The van der Waals surface area contributed by atoms with Crippen LogP contribution in [0.5, 0.6) is 0 Å². The molecule has 3 atom stereocenters. The molecule has 5 heteroatoms. The fraction of sp³-hybridized carbons (Fsp3) is 0.875. The van der Waals surface area contributed by atoms with Crippen molar-refractivity contribution < 1.29 is 0 Å². The van der Waals surface area contributed by atoms with Crippen molar-refractivity contribution >= 4 is 0 Å². The van der Waals surface area contributed by atoms with E-state index in [0.717, 1.165) is 32.4 Å². The molecule has 21 heavy (non-hydrogen) atoms. The first kappa shape index (κ1) is 16.9. The van der Waals surface area contributed by atoms with Gasteiger partial charge < -0.3 is 22.5 Å². The highest BCUT2D eigenvalue weighted by Crippen LogP contribution is 2.41. The van der Waals surface area contributed by atoms with Gasteiger partial charge in [0.15, 0.2) is 0 Å². The van der Waals surface area contributed by atoms with Gasteiger partial charge in [0.1, 0.15) is 0 Å². The first-order chi connectivity index (χ1) is 9.97. The number of allylic oxidation sites excluding steroid dienone is 2. The van der Waals surface area contributed by atoms with Gasteiger partial charge in [-0.05, 0) is 50.5 Å². The highest BCUT2D eigenvalue weighted by molar-refractivity contribution is 5.03. The zero-order valence-electron chi connectivity index (χ0n) is 13.4. The van der Waals surface area contributed by atoms with E-state index in [1.807, 2.05) is 0 Å². The molecule has 122 valence electrons. The largest absolute Gasteiger partial charge is 0.315 e. The van der Waals surface area contributed by atoms with Crippen LogP contribution in [0.1, 0.15) is 51.9 Å². The number of nitrogens with one attached hydrogen (secondary N) is 2. The average Bonchev–Trinajstić information content (AvgIpc) is 2.57. The highest BCUT2D eigenvalue weighted by atomic mass is 15.2. The van der Waals surface area contributed by atoms with Gasteiger partial charge in [0.25, 0.3) is 0 Å². The van der Waals surface area contributed by atoms with Crippen LogP contribution in [0, 0.1) is 5.41 Å². The predicted octanol–water partition coefficient (Wildman–Crippen LogP) is 0.753. The second kappa shape index (κ2) is 7.20. The van der Waals surface area contributed by atoms with Crippen molar-refractivity contribution in [1.29, 1.82) is 0 Å². The van der Waals surface area contributed by atoms with Crippen LogP contribution in [-0.4, -0.2) is 31.0 Å². The van der Waals surface area contributed by atoms with Gasteiger partial charge in [-0.15, -0.1) is 0 Å². The Morgan fingerprint density at radius 2 is 1.86 bits per heavy atom. The first-order valence-electron chi connectivity index (χ1n) is 8.40. The Bertz CT molecular complexity index is 357. The summed E-state index contributed by atoms with van der Waals surface area (Å²) < 4.78 is 0. The minimum atomic E-state index is -0.351. The van der Waals surface area contributed by atoms with E-state index in [9.17, 15) is 0 Å². The molecule has 1 aliphatic heterocycles. The number of rotatable bonds is 2. The molecule has 1 fully saturated rings. The van der Waals surface area contributed by atoms with Gasteiger partial charge in [-0.2, -0.15) is 0 Å². The van der Waals surface area contributed by atoms with Gasteiger partial charge in [0.2, 0.25) is 0 Å². The maximum Gasteiger partial charge on any atom is 0.0729 e. The van der Waals surface area contributed by atoms with Crippen LogP contribution in [0.25, 0.3) is 0 Å². The molecule has 3 unspecified atom stereocenters. The zero-order chi connectivity index (χ0) is 15.3. The molecule has 0 spiro atoms. The Labute approximate surface area is 129 Å². The fourth-order valence-electron chi connectivity index (χ4n) is 3.68. The van der Waals surface area contributed by atoms with E-state index < -0.39 is 0 Å². The molecule has 1 aliphatic carbocycles. The van der Waals surface area contributed by atoms with Gasteiger partial charge in [0, 0.05) is 12.6 Å². The molecule has 0 saturated carbocycles. The molecular weight excluding hydrogens is 262 g/mol. The Balaban J connectivity index is 2.10. The Morgan fingerprint density at radius 1 is 1.10 bits per heavy atom. The third-order valence-electron chi connectivity index (χ3n) is 5.48. The molecule has 1 saturated heterocycles. The Kier molecular flexibility index (Phi) is 5.80. The van der Waals surface area contributed by atoms with Crippen molar-refractivity contribution in [3.8, 4) is 0 Å². The van der Waals surface area contributed by atoms with Crippen molar-refractivity contribution in [2.24, 2.45) is 22.6 Å². The van der Waals surface area contributed by atoms with Gasteiger partial charge in [-0.3, -0.25) is 5.32 Å². The maximum absolute atomic E-state index is 6.85. The summed E-state index contributed by atoms with van der Waals surface area (Å²) in [5.74, 6) is 0. The smallest absolute Gasteiger partial charge is 0.0729 e. The zero-order valence-corrected chi connectivity index (χ0v) is 13.4. The molecule has 1 heterocycles. The quantitative estimate of drug-likeness (QED) is 0.382. The van der Waals surface area contributed by atoms with Crippen molar-refractivity contribution in [2.75, 3.05) is 13.1 Å². The van der Waals surface area contributed by atoms with E-state index in [2.05, 4.69) is 29.7 Å². The minimum absolute atomic E-state index is 0.0928. The van der Waals surface area contributed by atoms with Crippen LogP contribution in [0.4, 0.5) is 0 Å². The number of nitrogens with two attached hydrogens (primary N) is 3. The maximum atomic E-state index is 6.85. The molecule has 0 bridgehead atoms. The Morgan fingerprint density at radius 3 is 2.62 bits per heavy atom. The molecule has 8 N–H and O–H groups in total. The molecule has 5 nitrogen and oxygen atoms in total.